The summed E-state index contributed by atoms with van der Waals surface area (Å²) in [7, 11) is 0. The first-order chi connectivity index (χ1) is 17.8. The van der Waals surface area contributed by atoms with Gasteiger partial charge in [0.25, 0.3) is 0 Å². The van der Waals surface area contributed by atoms with Gasteiger partial charge in [0.1, 0.15) is 18.7 Å². The summed E-state index contributed by atoms with van der Waals surface area (Å²) in [5, 5.41) is 14.2. The predicted octanol–water partition coefficient (Wildman–Crippen LogP) is 4.09. The van der Waals surface area contributed by atoms with Crippen molar-refractivity contribution in [2.75, 3.05) is 6.61 Å². The lowest BCUT2D eigenvalue weighted by atomic mass is 9.98. The molecule has 8 nitrogen and oxygen atoms in total. The number of amides is 2. The quantitative estimate of drug-likeness (QED) is 0.385. The highest BCUT2D eigenvalue weighted by Gasteiger charge is 2.32. The lowest BCUT2D eigenvalue weighted by Crippen LogP contribution is -2.55. The van der Waals surface area contributed by atoms with Gasteiger partial charge in [-0.1, -0.05) is 78.9 Å². The standard InChI is InChI=1S/C29H30N2O6/c1-18(28(33)34)30-27(32)26(19(2)36-16-20-10-4-3-5-11-20)31-29(35)37-17-25-23-14-8-6-12-21(23)22-13-7-9-15-24(22)25/h3-15,18-19,25-26H,16-17H2,1-2H3,(H,30,32)(H,31,35)(H,33,34). The molecule has 1 aliphatic rings. The van der Waals surface area contributed by atoms with Gasteiger partial charge in [0.05, 0.1) is 12.7 Å². The van der Waals surface area contributed by atoms with Crippen LogP contribution in [-0.4, -0.2) is 47.9 Å². The third-order valence-corrected chi connectivity index (χ3v) is 6.45. The second-order valence-corrected chi connectivity index (χ2v) is 9.02. The highest BCUT2D eigenvalue weighted by atomic mass is 16.5. The van der Waals surface area contributed by atoms with Crippen LogP contribution < -0.4 is 10.6 Å². The van der Waals surface area contributed by atoms with Crippen LogP contribution in [0.15, 0.2) is 78.9 Å². The van der Waals surface area contributed by atoms with E-state index in [0.717, 1.165) is 27.8 Å². The number of ether oxygens (including phenoxy) is 2. The molecule has 3 aromatic carbocycles. The molecule has 0 bridgehead atoms. The van der Waals surface area contributed by atoms with E-state index in [4.69, 9.17) is 9.47 Å². The van der Waals surface area contributed by atoms with Crippen molar-refractivity contribution in [2.24, 2.45) is 0 Å². The molecule has 0 heterocycles. The molecular formula is C29H30N2O6. The lowest BCUT2D eigenvalue weighted by molar-refractivity contribution is -0.142. The Morgan fingerprint density at radius 2 is 1.41 bits per heavy atom. The first kappa shape index (κ1) is 25.9. The second kappa shape index (κ2) is 11.7. The number of carbonyl (C=O) groups is 3. The summed E-state index contributed by atoms with van der Waals surface area (Å²) in [6.07, 6.45) is -1.55. The molecule has 3 N–H and O–H groups in total. The summed E-state index contributed by atoms with van der Waals surface area (Å²) < 4.78 is 11.4. The highest BCUT2D eigenvalue weighted by molar-refractivity contribution is 5.89. The van der Waals surface area contributed by atoms with Crippen LogP contribution in [0.4, 0.5) is 4.79 Å². The number of carboxylic acid groups (broad SMARTS) is 1. The molecule has 0 aromatic heterocycles. The zero-order chi connectivity index (χ0) is 26.4. The number of carbonyl (C=O) groups excluding carboxylic acids is 2. The Labute approximate surface area is 215 Å². The van der Waals surface area contributed by atoms with Crippen LogP contribution in [0.2, 0.25) is 0 Å². The van der Waals surface area contributed by atoms with E-state index in [2.05, 4.69) is 10.6 Å². The maximum absolute atomic E-state index is 12.9. The Balaban J connectivity index is 1.43. The molecule has 37 heavy (non-hydrogen) atoms. The van der Waals surface area contributed by atoms with Crippen LogP contribution in [0.25, 0.3) is 11.1 Å². The van der Waals surface area contributed by atoms with Gasteiger partial charge in [-0.05, 0) is 41.7 Å². The minimum Gasteiger partial charge on any atom is -0.480 e. The smallest absolute Gasteiger partial charge is 0.407 e. The van der Waals surface area contributed by atoms with Crippen molar-refractivity contribution in [3.8, 4) is 11.1 Å². The summed E-state index contributed by atoms with van der Waals surface area (Å²) in [6, 6.07) is 23.1. The maximum Gasteiger partial charge on any atom is 0.407 e. The second-order valence-electron chi connectivity index (χ2n) is 9.02. The fourth-order valence-electron chi connectivity index (χ4n) is 4.43. The van der Waals surface area contributed by atoms with Crippen LogP contribution in [0.1, 0.15) is 36.5 Å². The summed E-state index contributed by atoms with van der Waals surface area (Å²) >= 11 is 0. The molecule has 3 atom stereocenters. The monoisotopic (exact) mass is 502 g/mol. The highest BCUT2D eigenvalue weighted by Crippen LogP contribution is 2.44. The van der Waals surface area contributed by atoms with Crippen molar-refractivity contribution in [3.05, 3.63) is 95.6 Å². The van der Waals surface area contributed by atoms with Gasteiger partial charge < -0.3 is 25.2 Å². The first-order valence-corrected chi connectivity index (χ1v) is 12.2. The molecule has 0 spiro atoms. The number of nitrogens with one attached hydrogen (secondary N) is 2. The molecule has 8 heteroatoms. The molecule has 192 valence electrons. The molecule has 3 unspecified atom stereocenters. The normalized spacial score (nSPS) is 14.5. The fourth-order valence-corrected chi connectivity index (χ4v) is 4.43. The van der Waals surface area contributed by atoms with Crippen molar-refractivity contribution in [1.29, 1.82) is 0 Å². The van der Waals surface area contributed by atoms with E-state index in [1.54, 1.807) is 6.92 Å². The fraction of sp³-hybridized carbons (Fsp3) is 0.276. The van der Waals surface area contributed by atoms with Crippen molar-refractivity contribution in [3.63, 3.8) is 0 Å². The Morgan fingerprint density at radius 3 is 2.00 bits per heavy atom. The number of benzene rings is 3. The Bertz CT molecular complexity index is 1220. The maximum atomic E-state index is 12.9. The summed E-state index contributed by atoms with van der Waals surface area (Å²) in [6.45, 7) is 3.29. The molecule has 0 aliphatic heterocycles. The summed E-state index contributed by atoms with van der Waals surface area (Å²) in [5.74, 6) is -2.00. The van der Waals surface area contributed by atoms with Gasteiger partial charge in [0.2, 0.25) is 5.91 Å². The molecule has 4 rings (SSSR count). The van der Waals surface area contributed by atoms with Crippen molar-refractivity contribution >= 4 is 18.0 Å². The van der Waals surface area contributed by atoms with E-state index in [9.17, 15) is 19.5 Å². The van der Waals surface area contributed by atoms with E-state index in [-0.39, 0.29) is 19.1 Å². The van der Waals surface area contributed by atoms with Crippen LogP contribution >= 0.6 is 0 Å². The van der Waals surface area contributed by atoms with Gasteiger partial charge in [-0.25, -0.2) is 4.79 Å². The van der Waals surface area contributed by atoms with Crippen molar-refractivity contribution in [1.82, 2.24) is 10.6 Å². The Morgan fingerprint density at radius 1 is 0.838 bits per heavy atom. The van der Waals surface area contributed by atoms with Gasteiger partial charge in [-0.15, -0.1) is 0 Å². The van der Waals surface area contributed by atoms with Gasteiger partial charge >= 0.3 is 12.1 Å². The van der Waals surface area contributed by atoms with Crippen LogP contribution in [0.3, 0.4) is 0 Å². The zero-order valence-electron chi connectivity index (χ0n) is 20.7. The van der Waals surface area contributed by atoms with Crippen LogP contribution in [0, 0.1) is 0 Å². The molecular weight excluding hydrogens is 472 g/mol. The van der Waals surface area contributed by atoms with Crippen molar-refractivity contribution in [2.45, 2.75) is 44.6 Å². The topological polar surface area (TPSA) is 114 Å². The molecule has 0 saturated carbocycles. The van der Waals surface area contributed by atoms with Gasteiger partial charge in [0.15, 0.2) is 0 Å². The van der Waals surface area contributed by atoms with E-state index >= 15 is 0 Å². The molecule has 0 saturated heterocycles. The number of aliphatic carboxylic acids is 1. The minimum absolute atomic E-state index is 0.0823. The van der Waals surface area contributed by atoms with E-state index in [1.807, 2.05) is 78.9 Å². The Hall–Kier alpha value is -4.17. The average Bonchev–Trinajstić information content (AvgIpc) is 3.23. The number of carboxylic acids is 1. The lowest BCUT2D eigenvalue weighted by Gasteiger charge is -2.25. The number of alkyl carbamates (subject to hydrolysis) is 1. The number of fused-ring (bicyclic) bond motifs is 3. The number of hydrogen-bond donors (Lipinski definition) is 3. The molecule has 0 radical (unpaired) electrons. The third kappa shape index (κ3) is 6.16. The van der Waals surface area contributed by atoms with E-state index < -0.39 is 36.2 Å². The number of rotatable bonds is 10. The van der Waals surface area contributed by atoms with E-state index in [1.165, 1.54) is 6.92 Å². The third-order valence-electron chi connectivity index (χ3n) is 6.45. The van der Waals surface area contributed by atoms with Gasteiger partial charge in [-0.2, -0.15) is 0 Å². The molecule has 2 amide bonds. The number of hydrogen-bond acceptors (Lipinski definition) is 5. The zero-order valence-corrected chi connectivity index (χ0v) is 20.7. The first-order valence-electron chi connectivity index (χ1n) is 12.2. The van der Waals surface area contributed by atoms with Gasteiger partial charge in [-0.3, -0.25) is 9.59 Å². The van der Waals surface area contributed by atoms with Gasteiger partial charge in [0, 0.05) is 5.92 Å². The minimum atomic E-state index is -1.19. The largest absolute Gasteiger partial charge is 0.480 e. The molecule has 1 aliphatic carbocycles. The summed E-state index contributed by atoms with van der Waals surface area (Å²) in [4.78, 5) is 37.0. The summed E-state index contributed by atoms with van der Waals surface area (Å²) in [5.41, 5.74) is 5.25. The SMILES string of the molecule is CC(NC(=O)C(NC(=O)OCC1c2ccccc2-c2ccccc21)C(C)OCc1ccccc1)C(=O)O. The average molecular weight is 503 g/mol. The van der Waals surface area contributed by atoms with Crippen LogP contribution in [-0.2, 0) is 25.7 Å². The molecule has 3 aromatic rings. The van der Waals surface area contributed by atoms with Crippen molar-refractivity contribution < 1.29 is 29.0 Å². The van der Waals surface area contributed by atoms with E-state index in [0.29, 0.717) is 0 Å². The Kier molecular flexibility index (Phi) is 8.20. The molecule has 0 fully saturated rings. The van der Waals surface area contributed by atoms with Crippen LogP contribution in [0.5, 0.6) is 0 Å². The predicted molar refractivity (Wildman–Crippen MR) is 138 cm³/mol.